The zero-order valence-corrected chi connectivity index (χ0v) is 20.1. The van der Waals surface area contributed by atoms with Gasteiger partial charge in [-0.3, -0.25) is 4.57 Å². The molecule has 1 fully saturated rings. The van der Waals surface area contributed by atoms with Gasteiger partial charge in [-0.15, -0.1) is 10.2 Å². The number of hydrogen-bond acceptors (Lipinski definition) is 4. The summed E-state index contributed by atoms with van der Waals surface area (Å²) in [7, 11) is 4.27. The van der Waals surface area contributed by atoms with Crippen LogP contribution in [0.1, 0.15) is 12.5 Å². The van der Waals surface area contributed by atoms with Crippen molar-refractivity contribution in [2.24, 2.45) is 11.8 Å². The van der Waals surface area contributed by atoms with Crippen LogP contribution in [0.5, 0.6) is 0 Å². The first-order chi connectivity index (χ1) is 16.9. The molecule has 0 bridgehead atoms. The molecule has 6 rings (SSSR count). The fourth-order valence-corrected chi connectivity index (χ4v) is 5.55. The van der Waals surface area contributed by atoms with E-state index in [9.17, 15) is 8.78 Å². The van der Waals surface area contributed by atoms with E-state index in [1.165, 1.54) is 17.8 Å². The van der Waals surface area contributed by atoms with Crippen molar-refractivity contribution >= 4 is 5.69 Å². The van der Waals surface area contributed by atoms with Crippen molar-refractivity contribution < 1.29 is 8.78 Å². The molecule has 1 saturated heterocycles. The van der Waals surface area contributed by atoms with Crippen LogP contribution < -0.4 is 4.90 Å². The maximum absolute atomic E-state index is 14.5. The average molecular weight is 475 g/mol. The summed E-state index contributed by atoms with van der Waals surface area (Å²) in [5.74, 6) is 0.802. The Morgan fingerprint density at radius 3 is 2.71 bits per heavy atom. The quantitative estimate of drug-likeness (QED) is 0.380. The lowest BCUT2D eigenvalue weighted by Crippen LogP contribution is -2.27. The summed E-state index contributed by atoms with van der Waals surface area (Å²) in [6, 6.07) is 12.2. The highest BCUT2D eigenvalue weighted by Gasteiger charge is 2.31. The molecule has 0 spiro atoms. The van der Waals surface area contributed by atoms with Crippen LogP contribution in [-0.2, 0) is 6.54 Å². The van der Waals surface area contributed by atoms with Gasteiger partial charge in [-0.25, -0.2) is 8.78 Å². The van der Waals surface area contributed by atoms with Gasteiger partial charge in [0.05, 0.1) is 11.4 Å². The van der Waals surface area contributed by atoms with E-state index < -0.39 is 11.6 Å². The van der Waals surface area contributed by atoms with Gasteiger partial charge in [0.1, 0.15) is 18.0 Å². The van der Waals surface area contributed by atoms with Crippen molar-refractivity contribution in [2.75, 3.05) is 38.6 Å². The number of benzene rings is 2. The van der Waals surface area contributed by atoms with Crippen molar-refractivity contribution in [3.05, 3.63) is 72.2 Å². The second kappa shape index (κ2) is 8.30. The van der Waals surface area contributed by atoms with E-state index in [0.717, 1.165) is 42.6 Å². The fourth-order valence-electron chi connectivity index (χ4n) is 5.55. The van der Waals surface area contributed by atoms with E-state index in [4.69, 9.17) is 0 Å². The van der Waals surface area contributed by atoms with Gasteiger partial charge in [0.2, 0.25) is 0 Å². The van der Waals surface area contributed by atoms with Gasteiger partial charge in [-0.2, -0.15) is 0 Å². The van der Waals surface area contributed by atoms with E-state index in [2.05, 4.69) is 63.8 Å². The van der Waals surface area contributed by atoms with E-state index in [1.807, 2.05) is 16.8 Å². The smallest absolute Gasteiger partial charge is 0.185 e. The molecule has 0 aliphatic carbocycles. The molecule has 180 valence electrons. The zero-order valence-electron chi connectivity index (χ0n) is 20.1. The maximum atomic E-state index is 14.5. The number of anilines is 1. The van der Waals surface area contributed by atoms with Crippen molar-refractivity contribution in [1.82, 2.24) is 24.2 Å². The second-order valence-electron chi connectivity index (χ2n) is 10.1. The molecular formula is C27H28F2N6. The first-order valence-electron chi connectivity index (χ1n) is 12.0. The normalized spacial score (nSPS) is 19.0. The van der Waals surface area contributed by atoms with Gasteiger partial charge in [-0.05, 0) is 67.9 Å². The highest BCUT2D eigenvalue weighted by atomic mass is 19.1. The van der Waals surface area contributed by atoms with Gasteiger partial charge >= 0.3 is 0 Å². The molecule has 0 unspecified atom stereocenters. The van der Waals surface area contributed by atoms with Crippen molar-refractivity contribution in [3.63, 3.8) is 0 Å². The lowest BCUT2D eigenvalue weighted by atomic mass is 9.98. The SMILES string of the molecule is C[C@H]1CN(c2ccc3c(c2)Cn2cc(-c4ccc(F)cc4F)cc2-c2nncn2-3)C[C@H]1CN(C)C. The Morgan fingerprint density at radius 2 is 1.91 bits per heavy atom. The van der Waals surface area contributed by atoms with Crippen LogP contribution in [0.15, 0.2) is 55.0 Å². The summed E-state index contributed by atoms with van der Waals surface area (Å²) in [6.07, 6.45) is 3.64. The van der Waals surface area contributed by atoms with Gasteiger partial charge in [0.15, 0.2) is 5.82 Å². The molecule has 0 radical (unpaired) electrons. The Labute approximate surface area is 203 Å². The minimum atomic E-state index is -0.586. The van der Waals surface area contributed by atoms with Crippen molar-refractivity contribution in [3.8, 4) is 28.3 Å². The standard InChI is InChI=1S/C27H28F2N6/c1-17-11-33(15-20(17)12-32(2)3)22-5-7-25-19(8-22)14-34-13-18(23-6-4-21(28)10-24(23)29)9-26(34)27-31-30-16-35(25)27/h4-10,13,16-17,20H,11-12,14-15H2,1-3H3/t17-,20+/m0/s1. The third-order valence-electron chi connectivity index (χ3n) is 7.31. The van der Waals surface area contributed by atoms with E-state index in [1.54, 1.807) is 6.33 Å². The molecule has 6 nitrogen and oxygen atoms in total. The van der Waals surface area contributed by atoms with Crippen LogP contribution in [0.2, 0.25) is 0 Å². The summed E-state index contributed by atoms with van der Waals surface area (Å²) in [5.41, 5.74) is 5.31. The Morgan fingerprint density at radius 1 is 1.06 bits per heavy atom. The van der Waals surface area contributed by atoms with Gasteiger partial charge in [0.25, 0.3) is 0 Å². The van der Waals surface area contributed by atoms with Crippen LogP contribution >= 0.6 is 0 Å². The molecular weight excluding hydrogens is 446 g/mol. The number of rotatable bonds is 4. The Hall–Kier alpha value is -3.52. The number of aromatic nitrogens is 4. The fraction of sp³-hybridized carbons (Fsp3) is 0.333. The van der Waals surface area contributed by atoms with Gasteiger partial charge in [-0.1, -0.05) is 6.92 Å². The largest absolute Gasteiger partial charge is 0.371 e. The third kappa shape index (κ3) is 3.82. The minimum absolute atomic E-state index is 0.366. The highest BCUT2D eigenvalue weighted by molar-refractivity contribution is 5.72. The predicted molar refractivity (Wildman–Crippen MR) is 133 cm³/mol. The topological polar surface area (TPSA) is 42.1 Å². The average Bonchev–Trinajstić information content (AvgIpc) is 3.51. The lowest BCUT2D eigenvalue weighted by Gasteiger charge is -2.22. The van der Waals surface area contributed by atoms with E-state index in [0.29, 0.717) is 35.3 Å². The molecule has 0 amide bonds. The predicted octanol–water partition coefficient (Wildman–Crippen LogP) is 4.68. The van der Waals surface area contributed by atoms with Gasteiger partial charge in [0, 0.05) is 55.3 Å². The van der Waals surface area contributed by atoms with E-state index >= 15 is 0 Å². The summed E-state index contributed by atoms with van der Waals surface area (Å²) >= 11 is 0. The van der Waals surface area contributed by atoms with Crippen LogP contribution in [0.4, 0.5) is 14.5 Å². The summed E-state index contributed by atoms with van der Waals surface area (Å²) < 4.78 is 32.1. The maximum Gasteiger partial charge on any atom is 0.185 e. The molecule has 2 aromatic carbocycles. The molecule has 8 heteroatoms. The molecule has 35 heavy (non-hydrogen) atoms. The van der Waals surface area contributed by atoms with Crippen LogP contribution in [0.3, 0.4) is 0 Å². The van der Waals surface area contributed by atoms with Crippen LogP contribution in [0, 0.1) is 23.5 Å². The number of nitrogens with zero attached hydrogens (tertiary/aromatic N) is 6. The second-order valence-corrected chi connectivity index (χ2v) is 10.1. The third-order valence-corrected chi connectivity index (χ3v) is 7.31. The monoisotopic (exact) mass is 474 g/mol. The number of hydrogen-bond donors (Lipinski definition) is 0. The van der Waals surface area contributed by atoms with Crippen LogP contribution in [0.25, 0.3) is 28.3 Å². The molecule has 2 aliphatic rings. The van der Waals surface area contributed by atoms with E-state index in [-0.39, 0.29) is 0 Å². The number of fused-ring (bicyclic) bond motifs is 5. The minimum Gasteiger partial charge on any atom is -0.371 e. The molecule has 0 N–H and O–H groups in total. The summed E-state index contributed by atoms with van der Waals surface area (Å²) in [4.78, 5) is 4.75. The Kier molecular flexibility index (Phi) is 5.21. The molecule has 4 heterocycles. The summed E-state index contributed by atoms with van der Waals surface area (Å²) in [5, 5.41) is 8.53. The Bertz CT molecular complexity index is 1400. The highest BCUT2D eigenvalue weighted by Crippen LogP contribution is 2.37. The van der Waals surface area contributed by atoms with Crippen LogP contribution in [-0.4, -0.2) is 58.0 Å². The van der Waals surface area contributed by atoms with Gasteiger partial charge < -0.3 is 14.4 Å². The molecule has 2 aromatic heterocycles. The molecule has 2 atom stereocenters. The zero-order chi connectivity index (χ0) is 24.3. The Balaban J connectivity index is 1.38. The lowest BCUT2D eigenvalue weighted by molar-refractivity contribution is 0.301. The summed E-state index contributed by atoms with van der Waals surface area (Å²) in [6.45, 7) is 6.12. The van der Waals surface area contributed by atoms with Crippen molar-refractivity contribution in [1.29, 1.82) is 0 Å². The first-order valence-corrected chi connectivity index (χ1v) is 12.0. The number of halogens is 2. The molecule has 0 saturated carbocycles. The molecule has 2 aliphatic heterocycles. The first kappa shape index (κ1) is 22.0. The van der Waals surface area contributed by atoms with Crippen molar-refractivity contribution in [2.45, 2.75) is 13.5 Å². The molecule has 4 aromatic rings.